The first kappa shape index (κ1) is 23.6. The van der Waals surface area contributed by atoms with E-state index in [2.05, 4.69) is 6.58 Å². The highest BCUT2D eigenvalue weighted by atomic mass is 16.5. The van der Waals surface area contributed by atoms with Gasteiger partial charge in [-0.15, -0.1) is 0 Å². The Bertz CT molecular complexity index is 874. The molecule has 2 rings (SSSR count). The van der Waals surface area contributed by atoms with Crippen LogP contribution in [0.5, 0.6) is 0 Å². The first-order valence-corrected chi connectivity index (χ1v) is 9.56. The van der Waals surface area contributed by atoms with Crippen LogP contribution in [-0.2, 0) is 25.5 Å². The number of hydrogen-bond donors (Lipinski definition) is 2. The van der Waals surface area contributed by atoms with Gasteiger partial charge in [-0.3, -0.25) is 4.79 Å². The van der Waals surface area contributed by atoms with Gasteiger partial charge in [0, 0.05) is 24.8 Å². The number of aliphatic hydroxyl groups is 2. The van der Waals surface area contributed by atoms with Crippen LogP contribution in [0.1, 0.15) is 61.1 Å². The number of carbonyl (C=O) groups is 3. The fraction of sp³-hybridized carbons (Fsp3) is 0.500. The number of ketones is 1. The van der Waals surface area contributed by atoms with E-state index < -0.39 is 35.8 Å². The number of hydrogen-bond acceptors (Lipinski definition) is 8. The van der Waals surface area contributed by atoms with Crippen LogP contribution in [0.3, 0.4) is 0 Å². The number of Topliss-reactive ketones (excluding diaryl/α,β-unsaturated/α-hetero) is 1. The molecular weight excluding hydrogens is 392 g/mol. The van der Waals surface area contributed by atoms with Gasteiger partial charge in [-0.2, -0.15) is 0 Å². The predicted octanol–water partition coefficient (Wildman–Crippen LogP) is 2.44. The third-order valence-electron chi connectivity index (χ3n) is 5.26. The zero-order chi connectivity index (χ0) is 22.6. The molecule has 1 aliphatic heterocycles. The Morgan fingerprint density at radius 3 is 2.47 bits per heavy atom. The Labute approximate surface area is 175 Å². The Balaban J connectivity index is 2.60. The molecule has 0 aromatic carbocycles. The molecule has 1 aromatic heterocycles. The molecule has 0 unspecified atom stereocenters. The number of aliphatic hydroxyl groups excluding tert-OH is 1. The molecule has 30 heavy (non-hydrogen) atoms. The van der Waals surface area contributed by atoms with Crippen LogP contribution in [0.4, 0.5) is 0 Å². The number of ether oxygens (including phenoxy) is 2. The second-order valence-electron chi connectivity index (χ2n) is 7.83. The highest BCUT2D eigenvalue weighted by Gasteiger charge is 2.38. The summed E-state index contributed by atoms with van der Waals surface area (Å²) < 4.78 is 15.3. The van der Waals surface area contributed by atoms with E-state index in [1.165, 1.54) is 27.2 Å². The molecule has 8 heteroatoms. The molecule has 2 N–H and O–H groups in total. The normalized spacial score (nSPS) is 25.3. The van der Waals surface area contributed by atoms with Gasteiger partial charge >= 0.3 is 11.9 Å². The zero-order valence-electron chi connectivity index (χ0n) is 17.7. The van der Waals surface area contributed by atoms with Crippen molar-refractivity contribution in [2.75, 3.05) is 14.2 Å². The maximum Gasteiger partial charge on any atom is 0.341 e. The maximum atomic E-state index is 12.5. The van der Waals surface area contributed by atoms with E-state index in [0.29, 0.717) is 6.42 Å². The van der Waals surface area contributed by atoms with Crippen LogP contribution in [0.25, 0.3) is 0 Å². The molecule has 1 aliphatic rings. The van der Waals surface area contributed by atoms with E-state index in [9.17, 15) is 24.6 Å². The van der Waals surface area contributed by atoms with E-state index in [0.717, 1.165) is 5.57 Å². The summed E-state index contributed by atoms with van der Waals surface area (Å²) in [4.78, 5) is 36.9. The number of rotatable bonds is 3. The van der Waals surface area contributed by atoms with Crippen LogP contribution in [0.2, 0.25) is 0 Å². The lowest BCUT2D eigenvalue weighted by Crippen LogP contribution is -2.35. The highest BCUT2D eigenvalue weighted by Crippen LogP contribution is 2.35. The van der Waals surface area contributed by atoms with Gasteiger partial charge in [-0.25, -0.2) is 9.59 Å². The third-order valence-corrected chi connectivity index (χ3v) is 5.26. The molecule has 2 heterocycles. The summed E-state index contributed by atoms with van der Waals surface area (Å²) in [5.41, 5.74) is -0.833. The van der Waals surface area contributed by atoms with Gasteiger partial charge in [0.15, 0.2) is 0 Å². The van der Waals surface area contributed by atoms with Crippen molar-refractivity contribution < 1.29 is 38.5 Å². The van der Waals surface area contributed by atoms with Crippen molar-refractivity contribution in [3.63, 3.8) is 0 Å². The quantitative estimate of drug-likeness (QED) is 0.565. The Morgan fingerprint density at radius 2 is 1.90 bits per heavy atom. The van der Waals surface area contributed by atoms with Gasteiger partial charge in [-0.05, 0) is 32.3 Å². The van der Waals surface area contributed by atoms with Crippen molar-refractivity contribution in [3.8, 4) is 0 Å². The van der Waals surface area contributed by atoms with Gasteiger partial charge in [0.05, 0.1) is 14.2 Å². The number of fused-ring (bicyclic) bond motifs is 2. The highest BCUT2D eigenvalue weighted by molar-refractivity contribution is 5.96. The van der Waals surface area contributed by atoms with Gasteiger partial charge in [-0.1, -0.05) is 18.2 Å². The fourth-order valence-corrected chi connectivity index (χ4v) is 3.42. The van der Waals surface area contributed by atoms with Crippen molar-refractivity contribution in [3.05, 3.63) is 47.0 Å². The summed E-state index contributed by atoms with van der Waals surface area (Å²) >= 11 is 0. The topological polar surface area (TPSA) is 123 Å². The largest absolute Gasteiger partial charge is 0.466 e. The molecule has 1 aromatic rings. The second kappa shape index (κ2) is 9.40. The summed E-state index contributed by atoms with van der Waals surface area (Å²) in [6.07, 6.45) is -0.0535. The Morgan fingerprint density at radius 1 is 1.27 bits per heavy atom. The van der Waals surface area contributed by atoms with Crippen LogP contribution in [0.15, 0.2) is 34.3 Å². The number of esters is 2. The van der Waals surface area contributed by atoms with Crippen LogP contribution in [0, 0.1) is 5.92 Å². The Hall–Kier alpha value is -2.71. The summed E-state index contributed by atoms with van der Waals surface area (Å²) in [6.45, 7) is 7.06. The van der Waals surface area contributed by atoms with E-state index in [4.69, 9.17) is 13.9 Å². The van der Waals surface area contributed by atoms with E-state index in [-0.39, 0.29) is 41.4 Å². The third kappa shape index (κ3) is 5.25. The average Bonchev–Trinajstić information content (AvgIpc) is 3.10. The predicted molar refractivity (Wildman–Crippen MR) is 107 cm³/mol. The fourth-order valence-electron chi connectivity index (χ4n) is 3.42. The lowest BCUT2D eigenvalue weighted by atomic mass is 9.87. The van der Waals surface area contributed by atoms with E-state index in [1.54, 1.807) is 13.0 Å². The average molecular weight is 420 g/mol. The Kier molecular flexibility index (Phi) is 7.39. The molecule has 0 saturated carbocycles. The molecular formula is C22H28O8. The lowest BCUT2D eigenvalue weighted by molar-refractivity contribution is -0.138. The molecule has 0 amide bonds. The summed E-state index contributed by atoms with van der Waals surface area (Å²) in [7, 11) is 2.45. The van der Waals surface area contributed by atoms with Gasteiger partial charge < -0.3 is 24.1 Å². The van der Waals surface area contributed by atoms with Gasteiger partial charge in [0.1, 0.15) is 34.6 Å². The number of allylic oxidation sites excluding steroid dienone is 2. The molecule has 2 bridgehead atoms. The minimum atomic E-state index is -1.89. The van der Waals surface area contributed by atoms with Crippen LogP contribution >= 0.6 is 0 Å². The van der Waals surface area contributed by atoms with Crippen molar-refractivity contribution >= 4 is 17.7 Å². The number of furan rings is 1. The van der Waals surface area contributed by atoms with Crippen molar-refractivity contribution in [2.45, 2.75) is 51.2 Å². The molecule has 0 saturated heterocycles. The van der Waals surface area contributed by atoms with Gasteiger partial charge in [0.25, 0.3) is 0 Å². The minimum Gasteiger partial charge on any atom is -0.466 e. The molecule has 0 fully saturated rings. The number of methoxy groups -OCH3 is 2. The van der Waals surface area contributed by atoms with Crippen LogP contribution in [-0.4, -0.2) is 47.8 Å². The van der Waals surface area contributed by atoms with Crippen LogP contribution < -0.4 is 0 Å². The molecule has 0 spiro atoms. The monoisotopic (exact) mass is 420 g/mol. The molecule has 3 atom stereocenters. The van der Waals surface area contributed by atoms with E-state index in [1.807, 2.05) is 0 Å². The molecule has 0 aliphatic carbocycles. The SMILES string of the molecule is C=C(C)[C@H]1CC=C(C(=O)OC)CC(=O)C[C@@](C)(O)[C@@H](O)c2cc(C(=O)OC)c(o2)C1. The summed E-state index contributed by atoms with van der Waals surface area (Å²) in [6, 6.07) is 1.32. The molecule has 164 valence electrons. The molecule has 8 nitrogen and oxygen atoms in total. The smallest absolute Gasteiger partial charge is 0.341 e. The lowest BCUT2D eigenvalue weighted by Gasteiger charge is -2.27. The summed E-state index contributed by atoms with van der Waals surface area (Å²) in [5.74, 6) is -1.76. The first-order valence-electron chi connectivity index (χ1n) is 9.56. The van der Waals surface area contributed by atoms with Crippen molar-refractivity contribution in [1.29, 1.82) is 0 Å². The van der Waals surface area contributed by atoms with Crippen molar-refractivity contribution in [2.24, 2.45) is 5.92 Å². The zero-order valence-corrected chi connectivity index (χ0v) is 17.7. The maximum absolute atomic E-state index is 12.5. The summed E-state index contributed by atoms with van der Waals surface area (Å²) in [5, 5.41) is 21.4. The minimum absolute atomic E-state index is 0.0518. The standard InChI is InChI=1S/C22H28O8/c1-12(2)13-6-7-14(20(25)28-4)8-15(23)11-22(3,27)19(24)18-10-16(21(26)29-5)17(9-13)30-18/h7,10,13,19,24,27H,1,6,8-9,11H2,2-5H3/t13-,19-,22+/m0/s1. The molecule has 0 radical (unpaired) electrons. The second-order valence-corrected chi connectivity index (χ2v) is 7.83. The van der Waals surface area contributed by atoms with Gasteiger partial charge in [0.2, 0.25) is 0 Å². The van der Waals surface area contributed by atoms with E-state index >= 15 is 0 Å². The first-order chi connectivity index (χ1) is 14.0. The number of carbonyl (C=O) groups excluding carboxylic acids is 3. The van der Waals surface area contributed by atoms with Crippen molar-refractivity contribution in [1.82, 2.24) is 0 Å².